The van der Waals surface area contributed by atoms with Crippen molar-refractivity contribution in [2.24, 2.45) is 5.16 Å². The Balaban J connectivity index is 2.82. The van der Waals surface area contributed by atoms with Crippen molar-refractivity contribution < 1.29 is 22.4 Å². The minimum absolute atomic E-state index is 0.190. The Bertz CT molecular complexity index is 484. The molecule has 82 valence electrons. The third kappa shape index (κ3) is 4.15. The first-order valence-electron chi connectivity index (χ1n) is 3.56. The van der Waals surface area contributed by atoms with Gasteiger partial charge in [0.2, 0.25) is 0 Å². The van der Waals surface area contributed by atoms with Crippen LogP contribution in [0.15, 0.2) is 23.4 Å². The minimum atomic E-state index is -4.62. The Morgan fingerprint density at radius 1 is 1.47 bits per heavy atom. The zero-order valence-electron chi connectivity index (χ0n) is 7.16. The van der Waals surface area contributed by atoms with Crippen LogP contribution in [0.2, 0.25) is 5.02 Å². The highest BCUT2D eigenvalue weighted by molar-refractivity contribution is 7.80. The first kappa shape index (κ1) is 11.8. The summed E-state index contributed by atoms with van der Waals surface area (Å²) < 4.78 is 32.0. The minimum Gasteiger partial charge on any atom is -0.507 e. The number of oxime groups is 1. The van der Waals surface area contributed by atoms with Crippen molar-refractivity contribution in [1.82, 2.24) is 0 Å². The maximum Gasteiger partial charge on any atom is 0.466 e. The van der Waals surface area contributed by atoms with E-state index in [2.05, 4.69) is 9.44 Å². The molecule has 0 bridgehead atoms. The Morgan fingerprint density at radius 2 is 2.13 bits per heavy atom. The van der Waals surface area contributed by atoms with Crippen molar-refractivity contribution in [3.05, 3.63) is 28.8 Å². The highest BCUT2D eigenvalue weighted by atomic mass is 35.5. The molecule has 6 nitrogen and oxygen atoms in total. The Morgan fingerprint density at radius 3 is 2.67 bits per heavy atom. The van der Waals surface area contributed by atoms with Gasteiger partial charge in [-0.2, -0.15) is 8.42 Å². The lowest BCUT2D eigenvalue weighted by Crippen LogP contribution is -1.98. The van der Waals surface area contributed by atoms with Gasteiger partial charge in [-0.05, 0) is 18.2 Å². The normalized spacial score (nSPS) is 11.9. The molecule has 1 rings (SSSR count). The van der Waals surface area contributed by atoms with Gasteiger partial charge in [-0.15, -0.1) is 0 Å². The van der Waals surface area contributed by atoms with Crippen LogP contribution in [0.3, 0.4) is 0 Å². The van der Waals surface area contributed by atoms with Crippen LogP contribution in [0.25, 0.3) is 0 Å². The summed E-state index contributed by atoms with van der Waals surface area (Å²) in [6.07, 6.45) is 0.916. The summed E-state index contributed by atoms with van der Waals surface area (Å²) in [4.78, 5) is 0. The molecule has 0 aromatic heterocycles. The number of aromatic hydroxyl groups is 1. The number of rotatable bonds is 3. The van der Waals surface area contributed by atoms with Gasteiger partial charge >= 0.3 is 10.4 Å². The lowest BCUT2D eigenvalue weighted by atomic mass is 10.2. The number of phenolic OH excluding ortho intramolecular Hbond substituents is 1. The van der Waals surface area contributed by atoms with Crippen LogP contribution in [0.4, 0.5) is 0 Å². The highest BCUT2D eigenvalue weighted by Gasteiger charge is 2.03. The molecule has 0 heterocycles. The van der Waals surface area contributed by atoms with E-state index in [1.807, 2.05) is 0 Å². The lowest BCUT2D eigenvalue weighted by molar-refractivity contribution is 0.284. The van der Waals surface area contributed by atoms with Gasteiger partial charge in [0.05, 0.1) is 6.21 Å². The monoisotopic (exact) mass is 251 g/mol. The van der Waals surface area contributed by atoms with Gasteiger partial charge in [0.25, 0.3) is 0 Å². The maximum atomic E-state index is 10.1. The summed E-state index contributed by atoms with van der Waals surface area (Å²) >= 11 is 5.55. The molecule has 0 fully saturated rings. The van der Waals surface area contributed by atoms with Gasteiger partial charge < -0.3 is 5.11 Å². The van der Waals surface area contributed by atoms with Gasteiger partial charge in [-0.3, -0.25) is 4.55 Å². The fourth-order valence-electron chi connectivity index (χ4n) is 0.759. The SMILES string of the molecule is O=S(=O)(O)O/N=C/c1ccc(Cl)cc1O. The molecular formula is C7H6ClNO5S. The van der Waals surface area contributed by atoms with Crippen LogP contribution >= 0.6 is 11.6 Å². The Labute approximate surface area is 90.7 Å². The third-order valence-electron chi connectivity index (χ3n) is 1.32. The second kappa shape index (κ2) is 4.47. The third-order valence-corrected chi connectivity index (χ3v) is 1.83. The summed E-state index contributed by atoms with van der Waals surface area (Å²) in [5, 5.41) is 12.5. The van der Waals surface area contributed by atoms with Crippen LogP contribution < -0.4 is 0 Å². The summed E-state index contributed by atoms with van der Waals surface area (Å²) in [5.41, 5.74) is 0.197. The van der Waals surface area contributed by atoms with Crippen LogP contribution in [-0.4, -0.2) is 24.3 Å². The van der Waals surface area contributed by atoms with Crippen molar-refractivity contribution in [3.8, 4) is 5.75 Å². The van der Waals surface area contributed by atoms with Crippen molar-refractivity contribution in [1.29, 1.82) is 0 Å². The van der Waals surface area contributed by atoms with E-state index >= 15 is 0 Å². The second-order valence-corrected chi connectivity index (χ2v) is 3.88. The number of phenols is 1. The molecule has 1 aromatic rings. The molecule has 0 amide bonds. The van der Waals surface area contributed by atoms with E-state index in [9.17, 15) is 13.5 Å². The fraction of sp³-hybridized carbons (Fsp3) is 0. The maximum absolute atomic E-state index is 10.1. The molecule has 0 aliphatic rings. The van der Waals surface area contributed by atoms with E-state index in [0.29, 0.717) is 5.02 Å². The van der Waals surface area contributed by atoms with Crippen LogP contribution in [0, 0.1) is 0 Å². The summed E-state index contributed by atoms with van der Waals surface area (Å²) in [6, 6.07) is 4.11. The fourth-order valence-corrected chi connectivity index (χ4v) is 1.08. The predicted molar refractivity (Wildman–Crippen MR) is 53.3 cm³/mol. The average molecular weight is 252 g/mol. The van der Waals surface area contributed by atoms with Gasteiger partial charge in [0.1, 0.15) is 5.75 Å². The van der Waals surface area contributed by atoms with Crippen LogP contribution in [0.1, 0.15) is 5.56 Å². The van der Waals surface area contributed by atoms with E-state index in [1.54, 1.807) is 0 Å². The first-order valence-corrected chi connectivity index (χ1v) is 5.31. The molecule has 1 aromatic carbocycles. The Hall–Kier alpha value is -1.31. The average Bonchev–Trinajstić information content (AvgIpc) is 2.07. The molecule has 0 spiro atoms. The summed E-state index contributed by atoms with van der Waals surface area (Å²) in [6.45, 7) is 0. The van der Waals surface area contributed by atoms with Gasteiger partial charge in [-0.25, -0.2) is 4.28 Å². The van der Waals surface area contributed by atoms with Crippen molar-refractivity contribution in [3.63, 3.8) is 0 Å². The summed E-state index contributed by atoms with van der Waals surface area (Å²) in [5.74, 6) is -0.190. The van der Waals surface area contributed by atoms with Gasteiger partial charge in [0, 0.05) is 10.6 Å². The number of halogens is 1. The predicted octanol–water partition coefficient (Wildman–Crippen LogP) is 1.20. The van der Waals surface area contributed by atoms with Crippen LogP contribution in [-0.2, 0) is 14.7 Å². The topological polar surface area (TPSA) is 96.2 Å². The molecule has 0 unspecified atom stereocenters. The molecule has 0 radical (unpaired) electrons. The molecule has 2 N–H and O–H groups in total. The van der Waals surface area contributed by atoms with E-state index in [4.69, 9.17) is 16.2 Å². The van der Waals surface area contributed by atoms with Gasteiger partial charge in [-0.1, -0.05) is 16.8 Å². The molecule has 8 heteroatoms. The molecule has 15 heavy (non-hydrogen) atoms. The van der Waals surface area contributed by atoms with Gasteiger partial charge in [0.15, 0.2) is 0 Å². The molecule has 0 saturated carbocycles. The Kier molecular flexibility index (Phi) is 3.51. The van der Waals surface area contributed by atoms with E-state index < -0.39 is 10.4 Å². The molecule has 0 saturated heterocycles. The molecular weight excluding hydrogens is 246 g/mol. The summed E-state index contributed by atoms with van der Waals surface area (Å²) in [7, 11) is -4.62. The number of hydrogen-bond donors (Lipinski definition) is 2. The van der Waals surface area contributed by atoms with Crippen LogP contribution in [0.5, 0.6) is 5.75 Å². The quantitative estimate of drug-likeness (QED) is 0.478. The number of benzene rings is 1. The van der Waals surface area contributed by atoms with Crippen molar-refractivity contribution in [2.45, 2.75) is 0 Å². The van der Waals surface area contributed by atoms with E-state index in [-0.39, 0.29) is 11.3 Å². The standard InChI is InChI=1S/C7H6ClNO5S/c8-6-2-1-5(7(10)3-6)4-9-14-15(11,12)13/h1-4,10H,(H,11,12,13)/b9-4+. The number of nitrogens with zero attached hydrogens (tertiary/aromatic N) is 1. The molecule has 0 atom stereocenters. The largest absolute Gasteiger partial charge is 0.507 e. The van der Waals surface area contributed by atoms with E-state index in [0.717, 1.165) is 6.21 Å². The molecule has 0 aliphatic carbocycles. The highest BCUT2D eigenvalue weighted by Crippen LogP contribution is 2.20. The number of hydrogen-bond acceptors (Lipinski definition) is 5. The molecule has 0 aliphatic heterocycles. The lowest BCUT2D eigenvalue weighted by Gasteiger charge is -1.97. The van der Waals surface area contributed by atoms with Crippen molar-refractivity contribution in [2.75, 3.05) is 0 Å². The first-order chi connectivity index (χ1) is 6.88. The second-order valence-electron chi connectivity index (χ2n) is 2.44. The smallest absolute Gasteiger partial charge is 0.466 e. The zero-order valence-corrected chi connectivity index (χ0v) is 8.73. The zero-order chi connectivity index (χ0) is 11.5. The van der Waals surface area contributed by atoms with E-state index in [1.165, 1.54) is 18.2 Å². The van der Waals surface area contributed by atoms with Crippen molar-refractivity contribution >= 4 is 28.2 Å².